The second kappa shape index (κ2) is 9.74. The second-order valence-electron chi connectivity index (χ2n) is 5.92. The van der Waals surface area contributed by atoms with Crippen LogP contribution in [-0.4, -0.2) is 62.4 Å². The van der Waals surface area contributed by atoms with Crippen molar-refractivity contribution in [1.82, 2.24) is 0 Å². The van der Waals surface area contributed by atoms with Gasteiger partial charge in [-0.2, -0.15) is 0 Å². The Hall–Kier alpha value is -0.600. The highest BCUT2D eigenvalue weighted by molar-refractivity contribution is 7.95. The van der Waals surface area contributed by atoms with Crippen molar-refractivity contribution in [2.24, 2.45) is 5.14 Å². The van der Waals surface area contributed by atoms with Gasteiger partial charge < -0.3 is 18.9 Å². The van der Waals surface area contributed by atoms with Gasteiger partial charge in [0.05, 0.1) is 24.6 Å². The molecule has 12 heteroatoms. The van der Waals surface area contributed by atoms with Gasteiger partial charge in [-0.15, -0.1) is 11.3 Å². The van der Waals surface area contributed by atoms with E-state index in [0.29, 0.717) is 49.7 Å². The van der Waals surface area contributed by atoms with E-state index >= 15 is 0 Å². The molecular formula is C15H25NO8S3. The lowest BCUT2D eigenvalue weighted by Crippen LogP contribution is -2.31. The quantitative estimate of drug-likeness (QED) is 0.396. The maximum atomic E-state index is 12.9. The van der Waals surface area contributed by atoms with E-state index < -0.39 is 31.2 Å². The number of thiophene rings is 1. The number of sulfonamides is 1. The summed E-state index contributed by atoms with van der Waals surface area (Å²) in [6.45, 7) is 3.27. The van der Waals surface area contributed by atoms with Crippen LogP contribution in [0.3, 0.4) is 0 Å². The van der Waals surface area contributed by atoms with Crippen LogP contribution in [0.15, 0.2) is 14.5 Å². The number of hydrogen-bond donors (Lipinski definition) is 1. The summed E-state index contributed by atoms with van der Waals surface area (Å²) < 4.78 is 70.1. The summed E-state index contributed by atoms with van der Waals surface area (Å²) >= 11 is 0.661. The third-order valence-electron chi connectivity index (χ3n) is 4.08. The molecule has 2 heterocycles. The molecule has 0 aromatic carbocycles. The average Bonchev–Trinajstić information content (AvgIpc) is 3.05. The lowest BCUT2D eigenvalue weighted by molar-refractivity contribution is -0.103. The van der Waals surface area contributed by atoms with Gasteiger partial charge in [0.15, 0.2) is 9.84 Å². The molecule has 9 nitrogen and oxygen atoms in total. The highest BCUT2D eigenvalue weighted by Gasteiger charge is 2.42. The minimum Gasteiger partial charge on any atom is -0.382 e. The van der Waals surface area contributed by atoms with Gasteiger partial charge in [0, 0.05) is 25.9 Å². The van der Waals surface area contributed by atoms with Crippen LogP contribution in [0, 0.1) is 0 Å². The Bertz CT molecular complexity index is 818. The Kier molecular flexibility index (Phi) is 8.19. The van der Waals surface area contributed by atoms with E-state index in [0.717, 1.165) is 0 Å². The largest absolute Gasteiger partial charge is 0.382 e. The van der Waals surface area contributed by atoms with Crippen LogP contribution in [0.1, 0.15) is 31.4 Å². The van der Waals surface area contributed by atoms with Gasteiger partial charge in [-0.1, -0.05) is 0 Å². The van der Waals surface area contributed by atoms with Crippen LogP contribution < -0.4 is 5.14 Å². The molecule has 27 heavy (non-hydrogen) atoms. The normalized spacial score (nSPS) is 21.9. The maximum absolute atomic E-state index is 12.9. The van der Waals surface area contributed by atoms with E-state index in [1.54, 1.807) is 7.11 Å². The van der Waals surface area contributed by atoms with Crippen molar-refractivity contribution < 1.29 is 35.8 Å². The lowest BCUT2D eigenvalue weighted by atomic mass is 10.1. The van der Waals surface area contributed by atoms with E-state index in [-0.39, 0.29) is 21.6 Å². The fourth-order valence-electron chi connectivity index (χ4n) is 2.72. The van der Waals surface area contributed by atoms with Crippen molar-refractivity contribution in [3.63, 3.8) is 0 Å². The average molecular weight is 444 g/mol. The predicted molar refractivity (Wildman–Crippen MR) is 98.9 cm³/mol. The third-order valence-corrected chi connectivity index (χ3v) is 9.45. The SMILES string of the molecule is CCOCCC1CC(OCOCCOC)c2cc(S(N)(=O)=O)sc2S1(=O)=O. The number of nitrogens with two attached hydrogens (primary N) is 1. The smallest absolute Gasteiger partial charge is 0.247 e. The molecular weight excluding hydrogens is 418 g/mol. The molecule has 0 saturated carbocycles. The van der Waals surface area contributed by atoms with Gasteiger partial charge in [0.1, 0.15) is 15.2 Å². The van der Waals surface area contributed by atoms with E-state index in [4.69, 9.17) is 24.1 Å². The highest BCUT2D eigenvalue weighted by Crippen LogP contribution is 2.44. The number of rotatable bonds is 11. The first-order valence-electron chi connectivity index (χ1n) is 8.38. The summed E-state index contributed by atoms with van der Waals surface area (Å²) in [5, 5.41) is 4.45. The minimum absolute atomic E-state index is 0.0128. The van der Waals surface area contributed by atoms with Crippen molar-refractivity contribution in [3.05, 3.63) is 11.6 Å². The van der Waals surface area contributed by atoms with Gasteiger partial charge in [-0.05, 0) is 25.8 Å². The van der Waals surface area contributed by atoms with Crippen LogP contribution in [0.25, 0.3) is 0 Å². The zero-order valence-electron chi connectivity index (χ0n) is 15.2. The predicted octanol–water partition coefficient (Wildman–Crippen LogP) is 1.05. The Morgan fingerprint density at radius 1 is 1.26 bits per heavy atom. The number of methoxy groups -OCH3 is 1. The molecule has 1 aromatic rings. The molecule has 0 aliphatic carbocycles. The number of primary sulfonamides is 1. The summed E-state index contributed by atoms with van der Waals surface area (Å²) in [6, 6.07) is 1.28. The van der Waals surface area contributed by atoms with Gasteiger partial charge in [0.2, 0.25) is 10.0 Å². The standard InChI is InChI=1S/C15H25NO8S3/c1-3-22-5-4-11-8-13(24-10-23-7-6-21-2)12-9-14(27(16,19)20)25-15(12)26(11,17)18/h9,11,13H,3-8,10H2,1-2H3,(H2,16,19,20). The number of sulfone groups is 1. The van der Waals surface area contributed by atoms with Crippen LogP contribution in [0.4, 0.5) is 0 Å². The Balaban J connectivity index is 2.27. The van der Waals surface area contributed by atoms with Gasteiger partial charge >= 0.3 is 0 Å². The molecule has 2 rings (SSSR count). The van der Waals surface area contributed by atoms with Crippen molar-refractivity contribution in [3.8, 4) is 0 Å². The molecule has 0 spiro atoms. The van der Waals surface area contributed by atoms with Gasteiger partial charge in [-0.3, -0.25) is 0 Å². The van der Waals surface area contributed by atoms with E-state index in [9.17, 15) is 16.8 Å². The molecule has 0 saturated heterocycles. The molecule has 1 aromatic heterocycles. The summed E-state index contributed by atoms with van der Waals surface area (Å²) in [7, 11) is -6.17. The van der Waals surface area contributed by atoms with Gasteiger partial charge in [-0.25, -0.2) is 22.0 Å². The van der Waals surface area contributed by atoms with Crippen molar-refractivity contribution in [2.45, 2.75) is 39.5 Å². The Morgan fingerprint density at radius 3 is 2.63 bits per heavy atom. The molecule has 1 aliphatic heterocycles. The zero-order chi connectivity index (χ0) is 20.1. The third kappa shape index (κ3) is 5.70. The maximum Gasteiger partial charge on any atom is 0.247 e. The molecule has 1 aliphatic rings. The monoisotopic (exact) mass is 443 g/mol. The van der Waals surface area contributed by atoms with Crippen molar-refractivity contribution in [2.75, 3.05) is 40.3 Å². The topological polar surface area (TPSA) is 131 Å². The number of fused-ring (bicyclic) bond motifs is 1. The molecule has 0 fully saturated rings. The number of hydrogen-bond acceptors (Lipinski definition) is 9. The summed E-state index contributed by atoms with van der Waals surface area (Å²) in [5.41, 5.74) is 0.312. The van der Waals surface area contributed by atoms with Crippen LogP contribution in [-0.2, 0) is 38.8 Å². The Morgan fingerprint density at radius 2 is 2.00 bits per heavy atom. The van der Waals surface area contributed by atoms with Crippen LogP contribution in [0.2, 0.25) is 0 Å². The lowest BCUT2D eigenvalue weighted by Gasteiger charge is -2.29. The minimum atomic E-state index is -4.02. The first kappa shape index (κ1) is 22.7. The van der Waals surface area contributed by atoms with E-state index in [2.05, 4.69) is 0 Å². The zero-order valence-corrected chi connectivity index (χ0v) is 17.7. The molecule has 0 bridgehead atoms. The van der Waals surface area contributed by atoms with Crippen molar-refractivity contribution >= 4 is 31.2 Å². The second-order valence-corrected chi connectivity index (χ2v) is 11.2. The molecule has 0 radical (unpaired) electrons. The van der Waals surface area contributed by atoms with Crippen LogP contribution >= 0.6 is 11.3 Å². The molecule has 2 atom stereocenters. The fourth-order valence-corrected chi connectivity index (χ4v) is 7.36. The first-order chi connectivity index (χ1) is 12.7. The molecule has 2 unspecified atom stereocenters. The van der Waals surface area contributed by atoms with E-state index in [1.165, 1.54) is 6.07 Å². The number of ether oxygens (including phenoxy) is 4. The van der Waals surface area contributed by atoms with E-state index in [1.807, 2.05) is 6.92 Å². The summed E-state index contributed by atoms with van der Waals surface area (Å²) in [5.74, 6) is 0. The molecule has 0 amide bonds. The first-order valence-corrected chi connectivity index (χ1v) is 12.3. The highest BCUT2D eigenvalue weighted by atomic mass is 32.3. The molecule has 2 N–H and O–H groups in total. The fraction of sp³-hybridized carbons (Fsp3) is 0.733. The molecule has 156 valence electrons. The van der Waals surface area contributed by atoms with Gasteiger partial charge in [0.25, 0.3) is 0 Å². The Labute approximate surface area is 163 Å². The van der Waals surface area contributed by atoms with Crippen LogP contribution in [0.5, 0.6) is 0 Å². The summed E-state index contributed by atoms with van der Waals surface area (Å²) in [4.78, 5) is 0. The summed E-state index contributed by atoms with van der Waals surface area (Å²) in [6.07, 6.45) is -0.121. The van der Waals surface area contributed by atoms with Crippen molar-refractivity contribution in [1.29, 1.82) is 0 Å².